The first kappa shape index (κ1) is 17.3. The Balaban J connectivity index is 1.76. The van der Waals surface area contributed by atoms with E-state index in [1.54, 1.807) is 0 Å². The summed E-state index contributed by atoms with van der Waals surface area (Å²) in [5.74, 6) is 1.07. The molecule has 0 unspecified atom stereocenters. The predicted octanol–water partition coefficient (Wildman–Crippen LogP) is 5.79. The third-order valence-corrected chi connectivity index (χ3v) is 5.14. The van der Waals surface area contributed by atoms with Crippen molar-refractivity contribution < 1.29 is 0 Å². The van der Waals surface area contributed by atoms with E-state index in [0.29, 0.717) is 0 Å². The van der Waals surface area contributed by atoms with Crippen LogP contribution in [-0.2, 0) is 12.8 Å². The summed E-state index contributed by atoms with van der Waals surface area (Å²) in [6.45, 7) is 6.41. The Morgan fingerprint density at radius 3 is 2.22 bits per heavy atom. The minimum absolute atomic E-state index is 0.901. The van der Waals surface area contributed by atoms with Gasteiger partial charge in [-0.3, -0.25) is 4.40 Å². The minimum Gasteiger partial charge on any atom is -0.339 e. The second-order valence-corrected chi connectivity index (χ2v) is 7.17. The van der Waals surface area contributed by atoms with Crippen molar-refractivity contribution in [3.05, 3.63) is 94.8 Å². The summed E-state index contributed by atoms with van der Waals surface area (Å²) < 4.78 is 2.18. The molecule has 0 aliphatic carbocycles. The molecule has 0 bridgehead atoms. The lowest BCUT2D eigenvalue weighted by Gasteiger charge is -2.14. The summed E-state index contributed by atoms with van der Waals surface area (Å²) >= 11 is 0. The van der Waals surface area contributed by atoms with E-state index in [2.05, 4.69) is 97.3 Å². The van der Waals surface area contributed by atoms with Crippen molar-refractivity contribution in [1.82, 2.24) is 9.38 Å². The van der Waals surface area contributed by atoms with Gasteiger partial charge in [-0.05, 0) is 61.9 Å². The summed E-state index contributed by atoms with van der Waals surface area (Å²) in [5, 5.41) is 3.70. The summed E-state index contributed by atoms with van der Waals surface area (Å²) in [6, 6.07) is 21.2. The molecule has 0 atom stereocenters. The van der Waals surface area contributed by atoms with Crippen LogP contribution in [0, 0.1) is 20.8 Å². The third kappa shape index (κ3) is 3.45. The van der Waals surface area contributed by atoms with Gasteiger partial charge in [0.25, 0.3) is 0 Å². The summed E-state index contributed by atoms with van der Waals surface area (Å²) in [7, 11) is 0. The maximum atomic E-state index is 4.98. The van der Waals surface area contributed by atoms with E-state index in [-0.39, 0.29) is 0 Å². The van der Waals surface area contributed by atoms with E-state index in [0.717, 1.165) is 30.0 Å². The molecule has 0 saturated heterocycles. The van der Waals surface area contributed by atoms with Crippen molar-refractivity contribution in [2.75, 3.05) is 5.32 Å². The molecule has 0 saturated carbocycles. The molecule has 0 aliphatic heterocycles. The van der Waals surface area contributed by atoms with Crippen LogP contribution in [-0.4, -0.2) is 9.38 Å². The second-order valence-electron chi connectivity index (χ2n) is 7.17. The lowest BCUT2D eigenvalue weighted by atomic mass is 10.1. The molecule has 3 heteroatoms. The standard InChI is InChI=1S/C24H25N3/c1-17-9-7-10-18(2)22(17)26-24-21(15-14-20-12-5-4-6-13-20)25-23-19(3)11-8-16-27(23)24/h4-13,16,26H,14-15H2,1-3H3. The number of aromatic nitrogens is 2. The number of benzene rings is 2. The lowest BCUT2D eigenvalue weighted by molar-refractivity contribution is 0.929. The monoisotopic (exact) mass is 355 g/mol. The molecule has 0 radical (unpaired) electrons. The number of hydrogen-bond donors (Lipinski definition) is 1. The third-order valence-electron chi connectivity index (χ3n) is 5.14. The number of imidazole rings is 1. The van der Waals surface area contributed by atoms with Crippen molar-refractivity contribution in [3.63, 3.8) is 0 Å². The van der Waals surface area contributed by atoms with Crippen molar-refractivity contribution in [1.29, 1.82) is 0 Å². The van der Waals surface area contributed by atoms with Gasteiger partial charge in [0.1, 0.15) is 11.5 Å². The molecule has 0 fully saturated rings. The summed E-state index contributed by atoms with van der Waals surface area (Å²) in [6.07, 6.45) is 3.97. The summed E-state index contributed by atoms with van der Waals surface area (Å²) in [5.41, 5.74) is 8.31. The lowest BCUT2D eigenvalue weighted by Crippen LogP contribution is -2.03. The Morgan fingerprint density at radius 2 is 1.48 bits per heavy atom. The average molecular weight is 355 g/mol. The van der Waals surface area contributed by atoms with Crippen molar-refractivity contribution in [2.24, 2.45) is 0 Å². The molecule has 0 spiro atoms. The van der Waals surface area contributed by atoms with Gasteiger partial charge < -0.3 is 5.32 Å². The molecule has 2 aromatic carbocycles. The molecular weight excluding hydrogens is 330 g/mol. The van der Waals surface area contributed by atoms with Crippen LogP contribution in [0.3, 0.4) is 0 Å². The minimum atomic E-state index is 0.901. The van der Waals surface area contributed by atoms with Gasteiger partial charge in [-0.1, -0.05) is 54.6 Å². The molecule has 27 heavy (non-hydrogen) atoms. The SMILES string of the molecule is Cc1cccc(C)c1Nc1c(CCc2ccccc2)nc2c(C)cccn12. The largest absolute Gasteiger partial charge is 0.339 e. The van der Waals surface area contributed by atoms with E-state index in [9.17, 15) is 0 Å². The molecule has 3 nitrogen and oxygen atoms in total. The van der Waals surface area contributed by atoms with Gasteiger partial charge >= 0.3 is 0 Å². The number of rotatable bonds is 5. The first-order valence-corrected chi connectivity index (χ1v) is 9.47. The van der Waals surface area contributed by atoms with Gasteiger partial charge in [0.05, 0.1) is 5.69 Å². The normalized spacial score (nSPS) is 11.1. The van der Waals surface area contributed by atoms with Crippen LogP contribution in [0.25, 0.3) is 5.65 Å². The van der Waals surface area contributed by atoms with E-state index in [1.807, 2.05) is 0 Å². The van der Waals surface area contributed by atoms with Crippen LogP contribution in [0.15, 0.2) is 66.9 Å². The number of nitrogens with one attached hydrogen (secondary N) is 1. The highest BCUT2D eigenvalue weighted by molar-refractivity contribution is 5.69. The molecule has 0 amide bonds. The number of para-hydroxylation sites is 1. The van der Waals surface area contributed by atoms with E-state index < -0.39 is 0 Å². The van der Waals surface area contributed by atoms with Crippen molar-refractivity contribution in [2.45, 2.75) is 33.6 Å². The van der Waals surface area contributed by atoms with Crippen molar-refractivity contribution in [3.8, 4) is 0 Å². The maximum Gasteiger partial charge on any atom is 0.141 e. The van der Waals surface area contributed by atoms with Gasteiger partial charge in [-0.15, -0.1) is 0 Å². The van der Waals surface area contributed by atoms with E-state index in [4.69, 9.17) is 4.98 Å². The van der Waals surface area contributed by atoms with Crippen LogP contribution < -0.4 is 5.32 Å². The second kappa shape index (κ2) is 7.28. The zero-order chi connectivity index (χ0) is 18.8. The number of anilines is 2. The van der Waals surface area contributed by atoms with E-state index >= 15 is 0 Å². The van der Waals surface area contributed by atoms with Crippen molar-refractivity contribution >= 4 is 17.2 Å². The quantitative estimate of drug-likeness (QED) is 0.491. The number of aryl methyl sites for hydroxylation is 5. The zero-order valence-corrected chi connectivity index (χ0v) is 16.2. The highest BCUT2D eigenvalue weighted by atomic mass is 15.1. The van der Waals surface area contributed by atoms with E-state index in [1.165, 1.54) is 27.9 Å². The number of hydrogen-bond acceptors (Lipinski definition) is 2. The van der Waals surface area contributed by atoms with Gasteiger partial charge in [-0.2, -0.15) is 0 Å². The Hall–Kier alpha value is -3.07. The molecule has 0 aliphatic rings. The molecule has 1 N–H and O–H groups in total. The topological polar surface area (TPSA) is 29.3 Å². The van der Waals surface area contributed by atoms with Gasteiger partial charge in [0.15, 0.2) is 0 Å². The molecule has 2 aromatic heterocycles. The first-order chi connectivity index (χ1) is 13.1. The first-order valence-electron chi connectivity index (χ1n) is 9.47. The maximum absolute atomic E-state index is 4.98. The highest BCUT2D eigenvalue weighted by Crippen LogP contribution is 2.29. The molecule has 136 valence electrons. The molecule has 2 heterocycles. The van der Waals surface area contributed by atoms with Crippen LogP contribution >= 0.6 is 0 Å². The average Bonchev–Trinajstić information content (AvgIpc) is 3.03. The summed E-state index contributed by atoms with van der Waals surface area (Å²) in [4.78, 5) is 4.98. The highest BCUT2D eigenvalue weighted by Gasteiger charge is 2.15. The zero-order valence-electron chi connectivity index (χ0n) is 16.2. The van der Waals surface area contributed by atoms with Crippen LogP contribution in [0.5, 0.6) is 0 Å². The van der Waals surface area contributed by atoms with Gasteiger partial charge in [-0.25, -0.2) is 4.98 Å². The van der Waals surface area contributed by atoms with Gasteiger partial charge in [0, 0.05) is 11.9 Å². The number of nitrogens with zero attached hydrogens (tertiary/aromatic N) is 2. The smallest absolute Gasteiger partial charge is 0.141 e. The fourth-order valence-corrected chi connectivity index (χ4v) is 3.59. The Labute approximate surface area is 160 Å². The molecular formula is C24H25N3. The fourth-order valence-electron chi connectivity index (χ4n) is 3.59. The van der Waals surface area contributed by atoms with Crippen LogP contribution in [0.4, 0.5) is 11.5 Å². The Kier molecular flexibility index (Phi) is 4.68. The fraction of sp³-hybridized carbons (Fsp3) is 0.208. The molecule has 4 rings (SSSR count). The van der Waals surface area contributed by atoms with Gasteiger partial charge in [0.2, 0.25) is 0 Å². The molecule has 4 aromatic rings. The van der Waals surface area contributed by atoms with Crippen LogP contribution in [0.2, 0.25) is 0 Å². The van der Waals surface area contributed by atoms with Crippen LogP contribution in [0.1, 0.15) is 27.9 Å². The number of fused-ring (bicyclic) bond motifs is 1. The number of pyridine rings is 1. The predicted molar refractivity (Wildman–Crippen MR) is 113 cm³/mol. The Morgan fingerprint density at radius 1 is 0.778 bits per heavy atom. The Bertz CT molecular complexity index is 1060.